The number of aromatic nitrogens is 6. The SMILES string of the molecule is CC(c1nc(-c2ccncc2)no1)n1nnc2ccc(-c3ccc(OC(F)(F)F)cc3)cc2c1=O. The molecule has 12 heteroatoms. The Kier molecular flexibility index (Phi) is 5.47. The lowest BCUT2D eigenvalue weighted by Gasteiger charge is -2.11. The molecule has 176 valence electrons. The number of nitrogens with zero attached hydrogens (tertiary/aromatic N) is 6. The molecule has 1 unspecified atom stereocenters. The van der Waals surface area contributed by atoms with E-state index in [1.807, 2.05) is 0 Å². The van der Waals surface area contributed by atoms with Gasteiger partial charge in [0.25, 0.3) is 11.4 Å². The molecule has 0 saturated heterocycles. The summed E-state index contributed by atoms with van der Waals surface area (Å²) in [4.78, 5) is 21.5. The van der Waals surface area contributed by atoms with Crippen LogP contribution in [0.15, 0.2) is 76.3 Å². The Hall–Kier alpha value is -4.61. The summed E-state index contributed by atoms with van der Waals surface area (Å²) in [6.45, 7) is 1.68. The highest BCUT2D eigenvalue weighted by molar-refractivity contribution is 5.83. The fraction of sp³-hybridized carbons (Fsp3) is 0.130. The lowest BCUT2D eigenvalue weighted by molar-refractivity contribution is -0.274. The molecule has 0 aliphatic rings. The summed E-state index contributed by atoms with van der Waals surface area (Å²) in [6, 6.07) is 13.0. The van der Waals surface area contributed by atoms with E-state index in [0.717, 1.165) is 4.68 Å². The molecule has 35 heavy (non-hydrogen) atoms. The van der Waals surface area contributed by atoms with Gasteiger partial charge in [0.2, 0.25) is 5.82 Å². The van der Waals surface area contributed by atoms with Crippen LogP contribution in [0.4, 0.5) is 13.2 Å². The van der Waals surface area contributed by atoms with Crippen molar-refractivity contribution in [1.82, 2.24) is 30.1 Å². The highest BCUT2D eigenvalue weighted by atomic mass is 19.4. The smallest absolute Gasteiger partial charge is 0.406 e. The van der Waals surface area contributed by atoms with Gasteiger partial charge in [-0.3, -0.25) is 9.78 Å². The third-order valence-corrected chi connectivity index (χ3v) is 5.21. The van der Waals surface area contributed by atoms with Crippen molar-refractivity contribution in [1.29, 1.82) is 0 Å². The Morgan fingerprint density at radius 3 is 2.40 bits per heavy atom. The second kappa shape index (κ2) is 8.63. The van der Waals surface area contributed by atoms with Crippen molar-refractivity contribution in [2.24, 2.45) is 0 Å². The summed E-state index contributed by atoms with van der Waals surface area (Å²) in [6.07, 6.45) is -1.58. The van der Waals surface area contributed by atoms with E-state index < -0.39 is 18.0 Å². The Morgan fingerprint density at radius 1 is 0.971 bits per heavy atom. The van der Waals surface area contributed by atoms with E-state index in [2.05, 4.69) is 30.2 Å². The van der Waals surface area contributed by atoms with Gasteiger partial charge < -0.3 is 9.26 Å². The molecule has 0 amide bonds. The quantitative estimate of drug-likeness (QED) is 0.364. The zero-order valence-electron chi connectivity index (χ0n) is 18.0. The normalized spacial score (nSPS) is 12.6. The second-order valence-electron chi connectivity index (χ2n) is 7.51. The molecule has 3 heterocycles. The van der Waals surface area contributed by atoms with E-state index in [1.54, 1.807) is 49.6 Å². The number of rotatable bonds is 5. The highest BCUT2D eigenvalue weighted by Gasteiger charge is 2.31. The fourth-order valence-electron chi connectivity index (χ4n) is 3.46. The summed E-state index contributed by atoms with van der Waals surface area (Å²) >= 11 is 0. The fourth-order valence-corrected chi connectivity index (χ4v) is 3.46. The maximum absolute atomic E-state index is 13.2. The van der Waals surface area contributed by atoms with Crippen molar-refractivity contribution < 1.29 is 22.4 Å². The van der Waals surface area contributed by atoms with Crippen LogP contribution in [0.25, 0.3) is 33.4 Å². The molecule has 5 aromatic rings. The number of fused-ring (bicyclic) bond motifs is 1. The van der Waals surface area contributed by atoms with Crippen LogP contribution in [0.1, 0.15) is 18.9 Å². The molecule has 0 aliphatic carbocycles. The second-order valence-corrected chi connectivity index (χ2v) is 7.51. The van der Waals surface area contributed by atoms with Gasteiger partial charge in [-0.1, -0.05) is 28.6 Å². The summed E-state index contributed by atoms with van der Waals surface area (Å²) in [5.41, 5.74) is 1.83. The maximum Gasteiger partial charge on any atom is 0.573 e. The third-order valence-electron chi connectivity index (χ3n) is 5.21. The van der Waals surface area contributed by atoms with Gasteiger partial charge in [-0.25, -0.2) is 0 Å². The summed E-state index contributed by atoms with van der Waals surface area (Å²) in [7, 11) is 0. The highest BCUT2D eigenvalue weighted by Crippen LogP contribution is 2.28. The third kappa shape index (κ3) is 4.58. The van der Waals surface area contributed by atoms with Crippen LogP contribution in [0.2, 0.25) is 0 Å². The summed E-state index contributed by atoms with van der Waals surface area (Å²) < 4.78 is 47.6. The number of hydrogen-bond acceptors (Lipinski definition) is 8. The van der Waals surface area contributed by atoms with Gasteiger partial charge in [0.1, 0.15) is 17.3 Å². The van der Waals surface area contributed by atoms with Crippen LogP contribution in [0, 0.1) is 0 Å². The summed E-state index contributed by atoms with van der Waals surface area (Å²) in [5, 5.41) is 12.3. The van der Waals surface area contributed by atoms with Crippen molar-refractivity contribution in [2.75, 3.05) is 0 Å². The first kappa shape index (κ1) is 22.2. The van der Waals surface area contributed by atoms with Gasteiger partial charge >= 0.3 is 6.36 Å². The predicted octanol–water partition coefficient (Wildman–Crippen LogP) is 4.41. The van der Waals surface area contributed by atoms with Gasteiger partial charge in [-0.15, -0.1) is 18.3 Å². The first-order valence-electron chi connectivity index (χ1n) is 10.3. The average molecular weight is 480 g/mol. The van der Waals surface area contributed by atoms with Crippen LogP contribution >= 0.6 is 0 Å². The number of ether oxygens (including phenoxy) is 1. The molecular formula is C23H15F3N6O3. The van der Waals surface area contributed by atoms with Gasteiger partial charge in [0.05, 0.1) is 5.39 Å². The van der Waals surface area contributed by atoms with Crippen LogP contribution in [-0.4, -0.2) is 36.5 Å². The lowest BCUT2D eigenvalue weighted by Crippen LogP contribution is -2.28. The standard InChI is InChI=1S/C23H15F3N6O3/c1-13(21-28-20(30-35-21)15-8-10-27-11-9-15)32-22(33)18-12-16(4-7-19(18)29-31-32)14-2-5-17(6-3-14)34-23(24,25)26/h2-13H,1H3. The van der Waals surface area contributed by atoms with E-state index in [9.17, 15) is 18.0 Å². The Labute approximate surface area is 194 Å². The van der Waals surface area contributed by atoms with E-state index in [4.69, 9.17) is 4.52 Å². The van der Waals surface area contributed by atoms with E-state index >= 15 is 0 Å². The van der Waals surface area contributed by atoms with E-state index in [1.165, 1.54) is 24.3 Å². The largest absolute Gasteiger partial charge is 0.573 e. The summed E-state index contributed by atoms with van der Waals surface area (Å²) in [5.74, 6) is 0.176. The van der Waals surface area contributed by atoms with Crippen molar-refractivity contribution in [3.63, 3.8) is 0 Å². The van der Waals surface area contributed by atoms with Gasteiger partial charge in [0, 0.05) is 18.0 Å². The van der Waals surface area contributed by atoms with Crippen molar-refractivity contribution in [3.8, 4) is 28.3 Å². The minimum absolute atomic E-state index is 0.170. The molecule has 0 saturated carbocycles. The first-order valence-corrected chi connectivity index (χ1v) is 10.3. The number of pyridine rings is 1. The average Bonchev–Trinajstić information content (AvgIpc) is 3.34. The molecule has 0 bridgehead atoms. The van der Waals surface area contributed by atoms with Crippen molar-refractivity contribution >= 4 is 10.9 Å². The molecule has 0 N–H and O–H groups in total. The monoisotopic (exact) mass is 480 g/mol. The zero-order valence-corrected chi connectivity index (χ0v) is 18.0. The number of benzene rings is 2. The molecule has 1 atom stereocenters. The number of alkyl halides is 3. The van der Waals surface area contributed by atoms with Gasteiger partial charge in [-0.2, -0.15) is 9.67 Å². The molecule has 0 spiro atoms. The Bertz CT molecular complexity index is 1550. The van der Waals surface area contributed by atoms with Crippen molar-refractivity contribution in [2.45, 2.75) is 19.3 Å². The number of halogens is 3. The molecule has 0 aliphatic heterocycles. The molecule has 9 nitrogen and oxygen atoms in total. The van der Waals surface area contributed by atoms with Crippen LogP contribution in [-0.2, 0) is 0 Å². The molecule has 0 radical (unpaired) electrons. The lowest BCUT2D eigenvalue weighted by atomic mass is 10.0. The molecular weight excluding hydrogens is 465 g/mol. The van der Waals surface area contributed by atoms with Gasteiger partial charge in [0.15, 0.2) is 0 Å². The van der Waals surface area contributed by atoms with Crippen LogP contribution in [0.3, 0.4) is 0 Å². The van der Waals surface area contributed by atoms with Crippen molar-refractivity contribution in [3.05, 3.63) is 83.2 Å². The molecule has 3 aromatic heterocycles. The van der Waals surface area contributed by atoms with Gasteiger partial charge in [-0.05, 0) is 54.4 Å². The molecule has 2 aromatic carbocycles. The van der Waals surface area contributed by atoms with E-state index in [-0.39, 0.29) is 17.0 Å². The molecule has 5 rings (SSSR count). The number of hydrogen-bond donors (Lipinski definition) is 0. The topological polar surface area (TPSA) is 109 Å². The first-order chi connectivity index (χ1) is 16.8. The zero-order chi connectivity index (χ0) is 24.6. The minimum atomic E-state index is -4.78. The minimum Gasteiger partial charge on any atom is -0.406 e. The predicted molar refractivity (Wildman–Crippen MR) is 117 cm³/mol. The van der Waals surface area contributed by atoms with Crippen LogP contribution < -0.4 is 10.3 Å². The van der Waals surface area contributed by atoms with E-state index in [0.29, 0.717) is 28.0 Å². The van der Waals surface area contributed by atoms with Crippen LogP contribution in [0.5, 0.6) is 5.75 Å². The Morgan fingerprint density at radius 2 is 1.69 bits per heavy atom. The molecule has 0 fully saturated rings. The Balaban J connectivity index is 1.47. The maximum atomic E-state index is 13.2.